The zero-order valence-corrected chi connectivity index (χ0v) is 14.4. The molecule has 0 aliphatic carbocycles. The van der Waals surface area contributed by atoms with E-state index in [1.165, 1.54) is 16.8 Å². The maximum Gasteiger partial charge on any atom is 0.244 e. The molecule has 1 fully saturated rings. The average molecular weight is 324 g/mol. The molecule has 2 aromatic rings. The van der Waals surface area contributed by atoms with Crippen LogP contribution < -0.4 is 15.1 Å². The van der Waals surface area contributed by atoms with Gasteiger partial charge in [-0.05, 0) is 31.0 Å². The van der Waals surface area contributed by atoms with E-state index in [-0.39, 0.29) is 0 Å². The molecule has 0 saturated carbocycles. The van der Waals surface area contributed by atoms with Crippen LogP contribution in [-0.2, 0) is 0 Å². The number of rotatable bonds is 5. The van der Waals surface area contributed by atoms with Gasteiger partial charge >= 0.3 is 0 Å². The van der Waals surface area contributed by atoms with Crippen molar-refractivity contribution in [2.45, 2.75) is 13.8 Å². The molecule has 3 rings (SSSR count). The minimum atomic E-state index is 0.546. The Bertz CT molecular complexity index is 706. The van der Waals surface area contributed by atoms with Crippen molar-refractivity contribution < 1.29 is 0 Å². The molecular weight excluding hydrogens is 300 g/mol. The molecule has 0 bridgehead atoms. The van der Waals surface area contributed by atoms with Gasteiger partial charge in [-0.1, -0.05) is 18.2 Å². The lowest BCUT2D eigenvalue weighted by Crippen LogP contribution is -2.47. The lowest BCUT2D eigenvalue weighted by atomic mass is 10.1. The Morgan fingerprint density at radius 2 is 1.92 bits per heavy atom. The Kier molecular flexibility index (Phi) is 4.93. The van der Waals surface area contributed by atoms with Crippen LogP contribution >= 0.6 is 0 Å². The van der Waals surface area contributed by atoms with Crippen molar-refractivity contribution in [1.29, 1.82) is 0 Å². The molecule has 0 unspecified atom stereocenters. The van der Waals surface area contributed by atoms with E-state index >= 15 is 0 Å². The summed E-state index contributed by atoms with van der Waals surface area (Å²) in [6.45, 7) is 12.5. The summed E-state index contributed by atoms with van der Waals surface area (Å²) in [6.07, 6.45) is 3.51. The van der Waals surface area contributed by atoms with E-state index in [1.54, 1.807) is 12.3 Å². The third-order valence-electron chi connectivity index (χ3n) is 4.47. The molecule has 0 amide bonds. The van der Waals surface area contributed by atoms with Crippen LogP contribution in [0.4, 0.5) is 17.5 Å². The highest BCUT2D eigenvalue weighted by Crippen LogP contribution is 2.24. The summed E-state index contributed by atoms with van der Waals surface area (Å²) < 4.78 is 0. The van der Waals surface area contributed by atoms with Gasteiger partial charge in [-0.25, -0.2) is 0 Å². The van der Waals surface area contributed by atoms with Gasteiger partial charge in [0, 0.05) is 38.4 Å². The first kappa shape index (κ1) is 16.2. The number of anilines is 3. The molecule has 1 aliphatic rings. The summed E-state index contributed by atoms with van der Waals surface area (Å²) in [5, 5.41) is 11.1. The summed E-state index contributed by atoms with van der Waals surface area (Å²) in [4.78, 5) is 9.25. The van der Waals surface area contributed by atoms with Crippen LogP contribution in [-0.4, -0.2) is 47.9 Å². The quantitative estimate of drug-likeness (QED) is 0.853. The van der Waals surface area contributed by atoms with E-state index in [9.17, 15) is 0 Å². The van der Waals surface area contributed by atoms with Crippen LogP contribution in [0, 0.1) is 13.8 Å². The lowest BCUT2D eigenvalue weighted by molar-refractivity contribution is 0.643. The molecule has 1 aromatic carbocycles. The van der Waals surface area contributed by atoms with E-state index in [4.69, 9.17) is 0 Å². The monoisotopic (exact) mass is 324 g/mol. The third-order valence-corrected chi connectivity index (χ3v) is 4.47. The van der Waals surface area contributed by atoms with Crippen molar-refractivity contribution in [2.75, 3.05) is 47.8 Å². The van der Waals surface area contributed by atoms with Gasteiger partial charge in [-0.15, -0.1) is 11.7 Å². The van der Waals surface area contributed by atoms with Gasteiger partial charge < -0.3 is 15.1 Å². The summed E-state index contributed by atoms with van der Waals surface area (Å²) >= 11 is 0. The Morgan fingerprint density at radius 1 is 1.17 bits per heavy atom. The summed E-state index contributed by atoms with van der Waals surface area (Å²) in [5.74, 6) is 1.42. The van der Waals surface area contributed by atoms with Gasteiger partial charge in [-0.3, -0.25) is 0 Å². The van der Waals surface area contributed by atoms with Crippen LogP contribution in [0.2, 0.25) is 0 Å². The fraction of sp³-hybridized carbons (Fsp3) is 0.389. The Hall–Kier alpha value is -2.63. The highest BCUT2D eigenvalue weighted by atomic mass is 15.3. The first-order valence-corrected chi connectivity index (χ1v) is 8.29. The number of nitrogens with one attached hydrogen (secondary N) is 1. The lowest BCUT2D eigenvalue weighted by Gasteiger charge is -2.37. The maximum absolute atomic E-state index is 4.54. The molecule has 126 valence electrons. The van der Waals surface area contributed by atoms with Gasteiger partial charge in [0.1, 0.15) is 0 Å². The largest absolute Gasteiger partial charge is 0.368 e. The van der Waals surface area contributed by atoms with Crippen LogP contribution in [0.5, 0.6) is 0 Å². The third kappa shape index (κ3) is 3.48. The first-order chi connectivity index (χ1) is 11.7. The van der Waals surface area contributed by atoms with Crippen LogP contribution in [0.1, 0.15) is 11.1 Å². The Balaban J connectivity index is 1.67. The van der Waals surface area contributed by atoms with E-state index in [0.717, 1.165) is 32.0 Å². The van der Waals surface area contributed by atoms with Crippen molar-refractivity contribution in [2.24, 2.45) is 0 Å². The predicted molar refractivity (Wildman–Crippen MR) is 98.9 cm³/mol. The number of hydrogen-bond donors (Lipinski definition) is 1. The molecule has 0 radical (unpaired) electrons. The topological polar surface area (TPSA) is 57.2 Å². The number of hydrogen-bond acceptors (Lipinski definition) is 6. The van der Waals surface area contributed by atoms with Crippen LogP contribution in [0.15, 0.2) is 37.1 Å². The molecule has 1 aromatic heterocycles. The fourth-order valence-corrected chi connectivity index (χ4v) is 2.94. The SMILES string of the molecule is C=CCNc1nncc(N2CCN(c3cccc(C)c3C)CC2)n1. The molecule has 6 nitrogen and oxygen atoms in total. The number of aromatic nitrogens is 3. The number of benzene rings is 1. The molecule has 0 spiro atoms. The van der Waals surface area contributed by atoms with Crippen molar-refractivity contribution in [3.63, 3.8) is 0 Å². The second-order valence-corrected chi connectivity index (χ2v) is 6.00. The molecule has 1 saturated heterocycles. The second-order valence-electron chi connectivity index (χ2n) is 6.00. The average Bonchev–Trinajstić information content (AvgIpc) is 2.63. The molecular formula is C18H24N6. The minimum absolute atomic E-state index is 0.546. The number of aryl methyl sites for hydroxylation is 1. The zero-order valence-electron chi connectivity index (χ0n) is 14.4. The van der Waals surface area contributed by atoms with E-state index in [0.29, 0.717) is 12.5 Å². The highest BCUT2D eigenvalue weighted by Gasteiger charge is 2.20. The molecule has 1 N–H and O–H groups in total. The molecule has 24 heavy (non-hydrogen) atoms. The van der Waals surface area contributed by atoms with Crippen LogP contribution in [0.25, 0.3) is 0 Å². The summed E-state index contributed by atoms with van der Waals surface area (Å²) in [5.41, 5.74) is 4.04. The number of nitrogens with zero attached hydrogens (tertiary/aromatic N) is 5. The second kappa shape index (κ2) is 7.29. The van der Waals surface area contributed by atoms with E-state index < -0.39 is 0 Å². The summed E-state index contributed by atoms with van der Waals surface area (Å²) in [6, 6.07) is 6.51. The Labute approximate surface area is 143 Å². The van der Waals surface area contributed by atoms with Crippen molar-refractivity contribution in [3.05, 3.63) is 48.2 Å². The van der Waals surface area contributed by atoms with Gasteiger partial charge in [-0.2, -0.15) is 10.1 Å². The predicted octanol–water partition coefficient (Wildman–Crippen LogP) is 2.41. The zero-order chi connectivity index (χ0) is 16.9. The molecule has 6 heteroatoms. The molecule has 1 aliphatic heterocycles. The standard InChI is InChI=1S/C18H24N6/c1-4-8-19-18-21-17(13-20-22-18)24-11-9-23(10-12-24)16-7-5-6-14(2)15(16)3/h4-7,13H,1,8-12H2,2-3H3,(H,19,21,22). The minimum Gasteiger partial charge on any atom is -0.368 e. The first-order valence-electron chi connectivity index (χ1n) is 8.29. The van der Waals surface area contributed by atoms with Crippen molar-refractivity contribution in [3.8, 4) is 0 Å². The van der Waals surface area contributed by atoms with Crippen molar-refractivity contribution in [1.82, 2.24) is 15.2 Å². The normalized spacial score (nSPS) is 14.6. The van der Waals surface area contributed by atoms with E-state index in [2.05, 4.69) is 68.9 Å². The smallest absolute Gasteiger partial charge is 0.244 e. The highest BCUT2D eigenvalue weighted by molar-refractivity contribution is 5.57. The number of piperazine rings is 1. The fourth-order valence-electron chi connectivity index (χ4n) is 2.94. The van der Waals surface area contributed by atoms with Crippen molar-refractivity contribution >= 4 is 17.5 Å². The van der Waals surface area contributed by atoms with Gasteiger partial charge in [0.25, 0.3) is 0 Å². The van der Waals surface area contributed by atoms with Gasteiger partial charge in [0.05, 0.1) is 6.20 Å². The van der Waals surface area contributed by atoms with E-state index in [1.807, 2.05) is 0 Å². The maximum atomic E-state index is 4.54. The van der Waals surface area contributed by atoms with Gasteiger partial charge in [0.15, 0.2) is 5.82 Å². The molecule has 2 heterocycles. The summed E-state index contributed by atoms with van der Waals surface area (Å²) in [7, 11) is 0. The van der Waals surface area contributed by atoms with Gasteiger partial charge in [0.2, 0.25) is 5.95 Å². The Morgan fingerprint density at radius 3 is 2.67 bits per heavy atom. The molecule has 0 atom stereocenters. The van der Waals surface area contributed by atoms with Crippen LogP contribution in [0.3, 0.4) is 0 Å².